The van der Waals surface area contributed by atoms with Gasteiger partial charge in [0.1, 0.15) is 0 Å². The minimum absolute atomic E-state index is 0.175. The van der Waals surface area contributed by atoms with Gasteiger partial charge < -0.3 is 10.6 Å². The van der Waals surface area contributed by atoms with Crippen LogP contribution >= 0.6 is 23.8 Å². The Morgan fingerprint density at radius 3 is 2.84 bits per heavy atom. The lowest BCUT2D eigenvalue weighted by molar-refractivity contribution is -0.116. The summed E-state index contributed by atoms with van der Waals surface area (Å²) in [6.07, 6.45) is 2.34. The van der Waals surface area contributed by atoms with Crippen LogP contribution in [-0.2, 0) is 4.79 Å². The van der Waals surface area contributed by atoms with Crippen molar-refractivity contribution in [2.24, 2.45) is 0 Å². The zero-order valence-corrected chi connectivity index (χ0v) is 11.8. The van der Waals surface area contributed by atoms with E-state index in [1.165, 1.54) is 0 Å². The number of benzene rings is 1. The number of carbonyl (C=O) groups is 1. The van der Waals surface area contributed by atoms with E-state index < -0.39 is 0 Å². The van der Waals surface area contributed by atoms with E-state index in [1.807, 2.05) is 24.3 Å². The Labute approximate surface area is 122 Å². The van der Waals surface area contributed by atoms with Crippen molar-refractivity contribution in [2.45, 2.75) is 25.3 Å². The molecule has 3 rings (SSSR count). The van der Waals surface area contributed by atoms with Crippen LogP contribution in [0.4, 0.5) is 0 Å². The van der Waals surface area contributed by atoms with Crippen molar-refractivity contribution in [3.8, 4) is 0 Å². The number of Topliss-reactive ketones (excluding diaryl/α,β-unsaturated/α-hetero) is 1. The zero-order chi connectivity index (χ0) is 13.4. The van der Waals surface area contributed by atoms with Crippen LogP contribution in [0.3, 0.4) is 0 Å². The average molecular weight is 293 g/mol. The molecule has 5 heteroatoms. The fourth-order valence-electron chi connectivity index (χ4n) is 2.65. The van der Waals surface area contributed by atoms with Gasteiger partial charge in [-0.3, -0.25) is 4.79 Å². The fraction of sp³-hybridized carbons (Fsp3) is 0.286. The molecule has 1 aromatic carbocycles. The standard InChI is InChI=1S/C14H13ClN2OS/c15-9-5-2-1-4-8(9)13-12-10(16-14(19)17-13)6-3-7-11(12)18/h1-2,4-5,13H,3,6-7H2,(H2,16,17,19)/t13-/m0/s1. The van der Waals surface area contributed by atoms with Gasteiger partial charge in [-0.05, 0) is 36.7 Å². The van der Waals surface area contributed by atoms with Crippen molar-refractivity contribution >= 4 is 34.7 Å². The second-order valence-corrected chi connectivity index (χ2v) is 5.54. The summed E-state index contributed by atoms with van der Waals surface area (Å²) >= 11 is 11.5. The Morgan fingerprint density at radius 1 is 1.26 bits per heavy atom. The van der Waals surface area contributed by atoms with Gasteiger partial charge >= 0.3 is 0 Å². The molecule has 0 fully saturated rings. The van der Waals surface area contributed by atoms with E-state index in [0.29, 0.717) is 16.6 Å². The van der Waals surface area contributed by atoms with Gasteiger partial charge in [-0.15, -0.1) is 0 Å². The lowest BCUT2D eigenvalue weighted by Gasteiger charge is -2.34. The maximum absolute atomic E-state index is 12.2. The molecule has 0 spiro atoms. The normalized spacial score (nSPS) is 22.7. The third-order valence-electron chi connectivity index (χ3n) is 3.50. The van der Waals surface area contributed by atoms with E-state index in [-0.39, 0.29) is 11.8 Å². The molecule has 0 saturated carbocycles. The third-order valence-corrected chi connectivity index (χ3v) is 4.07. The quantitative estimate of drug-likeness (QED) is 0.781. The van der Waals surface area contributed by atoms with Crippen LogP contribution in [0.25, 0.3) is 0 Å². The molecule has 1 aliphatic heterocycles. The van der Waals surface area contributed by atoms with Gasteiger partial charge in [0.05, 0.1) is 6.04 Å². The maximum atomic E-state index is 12.2. The fourth-order valence-corrected chi connectivity index (χ4v) is 3.13. The van der Waals surface area contributed by atoms with Crippen LogP contribution in [0.15, 0.2) is 35.5 Å². The first-order chi connectivity index (χ1) is 9.16. The van der Waals surface area contributed by atoms with Crippen LogP contribution in [0.2, 0.25) is 5.02 Å². The molecule has 0 bridgehead atoms. The smallest absolute Gasteiger partial charge is 0.171 e. The van der Waals surface area contributed by atoms with Crippen molar-refractivity contribution in [1.82, 2.24) is 10.6 Å². The van der Waals surface area contributed by atoms with Gasteiger partial charge in [0, 0.05) is 22.7 Å². The summed E-state index contributed by atoms with van der Waals surface area (Å²) in [4.78, 5) is 12.2. The summed E-state index contributed by atoms with van der Waals surface area (Å²) in [5.41, 5.74) is 2.63. The van der Waals surface area contributed by atoms with Gasteiger partial charge in [0.25, 0.3) is 0 Å². The third kappa shape index (κ3) is 2.26. The zero-order valence-electron chi connectivity index (χ0n) is 10.2. The van der Waals surface area contributed by atoms with Crippen LogP contribution < -0.4 is 10.6 Å². The van der Waals surface area contributed by atoms with Crippen molar-refractivity contribution in [1.29, 1.82) is 0 Å². The van der Waals surface area contributed by atoms with Crippen molar-refractivity contribution in [3.05, 3.63) is 46.1 Å². The van der Waals surface area contributed by atoms with Crippen LogP contribution in [0, 0.1) is 0 Å². The van der Waals surface area contributed by atoms with Crippen LogP contribution in [0.1, 0.15) is 30.9 Å². The van der Waals surface area contributed by atoms with E-state index in [4.69, 9.17) is 23.8 Å². The molecule has 1 heterocycles. The Balaban J connectivity index is 2.11. The average Bonchev–Trinajstić information content (AvgIpc) is 2.38. The number of rotatable bonds is 1. The number of hydrogen-bond acceptors (Lipinski definition) is 2. The highest BCUT2D eigenvalue weighted by molar-refractivity contribution is 7.80. The van der Waals surface area contributed by atoms with E-state index in [1.54, 1.807) is 0 Å². The number of thiocarbonyl (C=S) groups is 1. The summed E-state index contributed by atoms with van der Waals surface area (Å²) in [7, 11) is 0. The SMILES string of the molecule is O=C1CCCC2=C1[C@H](c1ccccc1Cl)NC(=S)N2. The second kappa shape index (κ2) is 4.94. The molecule has 98 valence electrons. The van der Waals surface area contributed by atoms with Gasteiger partial charge in [-0.1, -0.05) is 29.8 Å². The van der Waals surface area contributed by atoms with Crippen LogP contribution in [0.5, 0.6) is 0 Å². The van der Waals surface area contributed by atoms with Crippen LogP contribution in [-0.4, -0.2) is 10.9 Å². The van der Waals surface area contributed by atoms with Gasteiger partial charge in [-0.2, -0.15) is 0 Å². The highest BCUT2D eigenvalue weighted by atomic mass is 35.5. The second-order valence-electron chi connectivity index (χ2n) is 4.72. The minimum Gasteiger partial charge on any atom is -0.351 e. The van der Waals surface area contributed by atoms with Crippen molar-refractivity contribution in [2.75, 3.05) is 0 Å². The number of carbonyl (C=O) groups excluding carboxylic acids is 1. The van der Waals surface area contributed by atoms with Crippen molar-refractivity contribution in [3.63, 3.8) is 0 Å². The van der Waals surface area contributed by atoms with Gasteiger partial charge in [0.2, 0.25) is 0 Å². The molecule has 3 nitrogen and oxygen atoms in total. The Morgan fingerprint density at radius 2 is 2.05 bits per heavy atom. The first kappa shape index (κ1) is 12.6. The number of halogens is 1. The predicted octanol–water partition coefficient (Wildman–Crippen LogP) is 2.87. The highest BCUT2D eigenvalue weighted by Crippen LogP contribution is 2.35. The molecular formula is C14H13ClN2OS. The van der Waals surface area contributed by atoms with E-state index in [9.17, 15) is 4.79 Å². The molecule has 1 aliphatic carbocycles. The molecule has 19 heavy (non-hydrogen) atoms. The van der Waals surface area contributed by atoms with E-state index in [0.717, 1.165) is 29.7 Å². The summed E-state index contributed by atoms with van der Waals surface area (Å²) in [6, 6.07) is 7.33. The lowest BCUT2D eigenvalue weighted by Crippen LogP contribution is -2.46. The van der Waals surface area contributed by atoms with Gasteiger partial charge in [-0.25, -0.2) is 0 Å². The lowest BCUT2D eigenvalue weighted by atomic mass is 9.85. The number of hydrogen-bond donors (Lipinski definition) is 2. The Kier molecular flexibility index (Phi) is 3.29. The topological polar surface area (TPSA) is 41.1 Å². The molecule has 2 N–H and O–H groups in total. The summed E-state index contributed by atoms with van der Waals surface area (Å²) in [6.45, 7) is 0. The maximum Gasteiger partial charge on any atom is 0.171 e. The molecular weight excluding hydrogens is 280 g/mol. The first-order valence-electron chi connectivity index (χ1n) is 6.25. The number of ketones is 1. The summed E-state index contributed by atoms with van der Waals surface area (Å²) < 4.78 is 0. The minimum atomic E-state index is -0.231. The molecule has 0 radical (unpaired) electrons. The van der Waals surface area contributed by atoms with E-state index >= 15 is 0 Å². The van der Waals surface area contributed by atoms with Crippen molar-refractivity contribution < 1.29 is 4.79 Å². The first-order valence-corrected chi connectivity index (χ1v) is 7.03. The molecule has 1 aromatic rings. The molecule has 0 unspecified atom stereocenters. The molecule has 0 amide bonds. The van der Waals surface area contributed by atoms with Gasteiger partial charge in [0.15, 0.2) is 10.9 Å². The molecule has 1 atom stereocenters. The Bertz CT molecular complexity index is 597. The highest BCUT2D eigenvalue weighted by Gasteiger charge is 2.33. The number of allylic oxidation sites excluding steroid dienone is 1. The Hall–Kier alpha value is -1.39. The molecule has 0 saturated heterocycles. The largest absolute Gasteiger partial charge is 0.351 e. The monoisotopic (exact) mass is 292 g/mol. The van der Waals surface area contributed by atoms with E-state index in [2.05, 4.69) is 10.6 Å². The predicted molar refractivity (Wildman–Crippen MR) is 78.9 cm³/mol. The summed E-state index contributed by atoms with van der Waals surface area (Å²) in [5, 5.41) is 7.47. The number of nitrogens with one attached hydrogen (secondary N) is 2. The molecule has 0 aromatic heterocycles. The summed E-state index contributed by atoms with van der Waals surface area (Å²) in [5.74, 6) is 0.175. The molecule has 2 aliphatic rings.